The number of nitrogens with one attached hydrogen (secondary N) is 1. The molecule has 0 radical (unpaired) electrons. The number of ether oxygens (including phenoxy) is 2. The Hall–Kier alpha value is -3.49. The number of morpholine rings is 1. The Morgan fingerprint density at radius 2 is 1.90 bits per heavy atom. The van der Waals surface area contributed by atoms with Gasteiger partial charge in [-0.2, -0.15) is 13.2 Å². The molecule has 2 fully saturated rings. The third kappa shape index (κ3) is 6.94. The van der Waals surface area contributed by atoms with Crippen molar-refractivity contribution < 1.29 is 40.2 Å². The number of alkyl halides is 3. The molecule has 0 aliphatic carbocycles. The lowest BCUT2D eigenvalue weighted by atomic mass is 10.0. The average Bonchev–Trinajstić information content (AvgIpc) is 2.83. The maximum Gasteiger partial charge on any atom is 0.427 e. The molecule has 1 aromatic carbocycles. The predicted molar refractivity (Wildman–Crippen MR) is 136 cm³/mol. The van der Waals surface area contributed by atoms with Gasteiger partial charge in [0.05, 0.1) is 29.2 Å². The van der Waals surface area contributed by atoms with E-state index in [2.05, 4.69) is 16.9 Å². The van der Waals surface area contributed by atoms with Crippen LogP contribution in [0.1, 0.15) is 26.7 Å². The molecular formula is C24H31F4N5O5S. The molecule has 0 unspecified atom stereocenters. The summed E-state index contributed by atoms with van der Waals surface area (Å²) in [6, 6.07) is 3.25. The van der Waals surface area contributed by atoms with Crippen LogP contribution < -0.4 is 11.1 Å². The molecule has 10 nitrogen and oxygen atoms in total. The quantitative estimate of drug-likeness (QED) is 0.299. The van der Waals surface area contributed by atoms with Crippen LogP contribution in [0.5, 0.6) is 0 Å². The molecule has 2 saturated heterocycles. The van der Waals surface area contributed by atoms with Gasteiger partial charge >= 0.3 is 12.3 Å². The number of piperidine rings is 1. The molecule has 2 heterocycles. The Morgan fingerprint density at radius 3 is 2.44 bits per heavy atom. The molecule has 39 heavy (non-hydrogen) atoms. The van der Waals surface area contributed by atoms with Gasteiger partial charge in [-0.25, -0.2) is 22.6 Å². The van der Waals surface area contributed by atoms with Crippen molar-refractivity contribution in [3.8, 4) is 0 Å². The van der Waals surface area contributed by atoms with Crippen LogP contribution in [0.2, 0.25) is 0 Å². The largest absolute Gasteiger partial charge is 0.486 e. The first kappa shape index (κ1) is 30.1. The summed E-state index contributed by atoms with van der Waals surface area (Å²) in [5, 5.41) is 2.76. The monoisotopic (exact) mass is 577 g/mol. The molecule has 3 rings (SSSR count). The van der Waals surface area contributed by atoms with Crippen molar-refractivity contribution in [1.29, 1.82) is 0 Å². The van der Waals surface area contributed by atoms with E-state index in [-0.39, 0.29) is 47.9 Å². The maximum absolute atomic E-state index is 14.7. The second-order valence-electron chi connectivity index (χ2n) is 9.58. The number of carbonyl (C=O) groups excluding carboxylic acids is 1. The summed E-state index contributed by atoms with van der Waals surface area (Å²) in [4.78, 5) is 19.4. The molecule has 0 spiro atoms. The van der Waals surface area contributed by atoms with Crippen LogP contribution in [0.25, 0.3) is 0 Å². The molecule has 0 bridgehead atoms. The standard InChI is InChI=1S/C24H31F4N5O5S/c1-15-20(21(30-14-29)31-19-6-5-17(13-18(19)25)39(4,35)36)37-12-11-33(15)16-7-9-32(10-8-16)22(34)38-23(2,3)24(26,27)28/h5-6,13-14,16,31H,1,7-12H2,2-4H3,(H2,29,30)/b21-20-. The van der Waals surface area contributed by atoms with Crippen molar-refractivity contribution in [2.45, 2.75) is 49.4 Å². The number of amides is 1. The lowest BCUT2D eigenvalue weighted by Gasteiger charge is -2.43. The first-order valence-electron chi connectivity index (χ1n) is 11.9. The Kier molecular flexibility index (Phi) is 8.72. The topological polar surface area (TPSA) is 127 Å². The second-order valence-corrected chi connectivity index (χ2v) is 11.6. The predicted octanol–water partition coefficient (Wildman–Crippen LogP) is 3.59. The number of likely N-dealkylation sites (tertiary alicyclic amines) is 1. The maximum atomic E-state index is 14.7. The summed E-state index contributed by atoms with van der Waals surface area (Å²) >= 11 is 0. The van der Waals surface area contributed by atoms with Gasteiger partial charge in [0, 0.05) is 25.4 Å². The first-order valence-corrected chi connectivity index (χ1v) is 13.8. The number of carbonyl (C=O) groups is 1. The molecule has 2 aliphatic heterocycles. The zero-order chi connectivity index (χ0) is 29.2. The number of hydrogen-bond donors (Lipinski definition) is 2. The van der Waals surface area contributed by atoms with Gasteiger partial charge in [0.2, 0.25) is 5.60 Å². The fourth-order valence-corrected chi connectivity index (χ4v) is 4.71. The zero-order valence-corrected chi connectivity index (χ0v) is 22.5. The molecule has 0 atom stereocenters. The minimum Gasteiger partial charge on any atom is -0.486 e. The molecule has 15 heteroatoms. The van der Waals surface area contributed by atoms with Crippen molar-refractivity contribution >= 4 is 28.0 Å². The van der Waals surface area contributed by atoms with E-state index in [1.165, 1.54) is 17.0 Å². The highest BCUT2D eigenvalue weighted by molar-refractivity contribution is 7.90. The third-order valence-electron chi connectivity index (χ3n) is 6.42. The third-order valence-corrected chi connectivity index (χ3v) is 7.53. The van der Waals surface area contributed by atoms with Gasteiger partial charge in [0.25, 0.3) is 0 Å². The minimum absolute atomic E-state index is 0.0357. The molecule has 1 aromatic rings. The fraction of sp³-hybridized carbons (Fsp3) is 0.500. The number of rotatable bonds is 6. The number of sulfone groups is 1. The van der Waals surface area contributed by atoms with E-state index in [0.29, 0.717) is 25.1 Å². The van der Waals surface area contributed by atoms with Crippen LogP contribution in [0.4, 0.5) is 28.0 Å². The second kappa shape index (κ2) is 11.3. The van der Waals surface area contributed by atoms with Crippen molar-refractivity contribution in [1.82, 2.24) is 9.80 Å². The van der Waals surface area contributed by atoms with Crippen molar-refractivity contribution in [3.05, 3.63) is 47.9 Å². The zero-order valence-electron chi connectivity index (χ0n) is 21.7. The number of anilines is 1. The number of halogens is 4. The Labute approximate surface area is 224 Å². The van der Waals surface area contributed by atoms with E-state index in [4.69, 9.17) is 15.2 Å². The molecule has 216 valence electrons. The number of hydrogen-bond acceptors (Lipinski definition) is 8. The first-order chi connectivity index (χ1) is 18.0. The van der Waals surface area contributed by atoms with Crippen LogP contribution in [0.15, 0.2) is 51.9 Å². The number of nitrogens with two attached hydrogens (primary N) is 1. The molecular weight excluding hydrogens is 546 g/mol. The lowest BCUT2D eigenvalue weighted by molar-refractivity contribution is -0.246. The van der Waals surface area contributed by atoms with E-state index >= 15 is 0 Å². The summed E-state index contributed by atoms with van der Waals surface area (Å²) in [6.45, 7) is 6.68. The lowest BCUT2D eigenvalue weighted by Crippen LogP contribution is -2.51. The molecule has 0 saturated carbocycles. The van der Waals surface area contributed by atoms with E-state index < -0.39 is 33.5 Å². The molecule has 3 N–H and O–H groups in total. The highest BCUT2D eigenvalue weighted by Crippen LogP contribution is 2.34. The van der Waals surface area contributed by atoms with Gasteiger partial charge < -0.3 is 30.3 Å². The average molecular weight is 578 g/mol. The van der Waals surface area contributed by atoms with Gasteiger partial charge in [0.1, 0.15) is 12.4 Å². The Morgan fingerprint density at radius 1 is 1.26 bits per heavy atom. The van der Waals surface area contributed by atoms with Crippen molar-refractivity contribution in [2.24, 2.45) is 10.7 Å². The van der Waals surface area contributed by atoms with E-state index in [1.54, 1.807) is 0 Å². The van der Waals surface area contributed by atoms with Crippen LogP contribution >= 0.6 is 0 Å². The number of benzene rings is 1. The van der Waals surface area contributed by atoms with Crippen LogP contribution in [0, 0.1) is 5.82 Å². The van der Waals surface area contributed by atoms with E-state index in [9.17, 15) is 30.8 Å². The van der Waals surface area contributed by atoms with Crippen LogP contribution in [-0.4, -0.2) is 81.0 Å². The van der Waals surface area contributed by atoms with Crippen molar-refractivity contribution in [2.75, 3.05) is 37.8 Å². The SMILES string of the molecule is C=C1/C(=C(\N=C/N)Nc2ccc(S(C)(=O)=O)cc2F)OCCN1C1CCN(C(=O)OC(C)(C)C(F)(F)F)CC1. The highest BCUT2D eigenvalue weighted by Gasteiger charge is 2.51. The van der Waals surface area contributed by atoms with Gasteiger partial charge in [0.15, 0.2) is 21.4 Å². The molecule has 0 aromatic heterocycles. The summed E-state index contributed by atoms with van der Waals surface area (Å²) < 4.78 is 87.8. The number of aliphatic imine (C=N–C) groups is 1. The highest BCUT2D eigenvalue weighted by atomic mass is 32.2. The summed E-state index contributed by atoms with van der Waals surface area (Å²) in [7, 11) is -3.61. The van der Waals surface area contributed by atoms with Crippen LogP contribution in [0.3, 0.4) is 0 Å². The van der Waals surface area contributed by atoms with Gasteiger partial charge in [-0.15, -0.1) is 0 Å². The summed E-state index contributed by atoms with van der Waals surface area (Å²) in [5.74, 6) is -0.619. The number of nitrogens with zero attached hydrogens (tertiary/aromatic N) is 3. The van der Waals surface area contributed by atoms with E-state index in [1.807, 2.05) is 4.90 Å². The molecule has 1 amide bonds. The van der Waals surface area contributed by atoms with Crippen molar-refractivity contribution in [3.63, 3.8) is 0 Å². The van der Waals surface area contributed by atoms with Gasteiger partial charge in [-0.3, -0.25) is 0 Å². The van der Waals surface area contributed by atoms with Gasteiger partial charge in [-0.05, 0) is 44.9 Å². The fourth-order valence-electron chi connectivity index (χ4n) is 4.08. The summed E-state index contributed by atoms with van der Waals surface area (Å²) in [6.07, 6.45) is -2.95. The normalized spacial score (nSPS) is 19.2. The Bertz CT molecular complexity index is 1270. The Balaban J connectivity index is 1.73. The van der Waals surface area contributed by atoms with Crippen LogP contribution in [-0.2, 0) is 19.3 Å². The van der Waals surface area contributed by atoms with Gasteiger partial charge in [-0.1, -0.05) is 6.58 Å². The summed E-state index contributed by atoms with van der Waals surface area (Å²) in [5.41, 5.74) is 3.21. The smallest absolute Gasteiger partial charge is 0.427 e. The van der Waals surface area contributed by atoms with E-state index in [0.717, 1.165) is 32.5 Å². The molecule has 2 aliphatic rings. The minimum atomic E-state index is -4.70.